The summed E-state index contributed by atoms with van der Waals surface area (Å²) < 4.78 is 23.4. The molecule has 0 fully saturated rings. The maximum Gasteiger partial charge on any atom is 0.272 e. The van der Waals surface area contributed by atoms with Gasteiger partial charge in [-0.1, -0.05) is 12.1 Å². The molecule has 0 bridgehead atoms. The second kappa shape index (κ2) is 8.81. The van der Waals surface area contributed by atoms with Crippen molar-refractivity contribution in [1.82, 2.24) is 15.5 Å². The minimum absolute atomic E-state index is 0.175. The van der Waals surface area contributed by atoms with Crippen molar-refractivity contribution in [3.8, 4) is 11.5 Å². The lowest BCUT2D eigenvalue weighted by Crippen LogP contribution is -2.24. The van der Waals surface area contributed by atoms with Crippen LogP contribution in [0.2, 0.25) is 0 Å². The van der Waals surface area contributed by atoms with E-state index in [2.05, 4.69) is 20.8 Å². The number of methoxy groups -OCH3 is 2. The van der Waals surface area contributed by atoms with Crippen molar-refractivity contribution in [2.24, 2.45) is 0 Å². The molecule has 0 aliphatic rings. The molecular formula is C20H19FN4O3. The van der Waals surface area contributed by atoms with Crippen LogP contribution in [0.5, 0.6) is 11.5 Å². The maximum absolute atomic E-state index is 12.9. The van der Waals surface area contributed by atoms with E-state index in [0.29, 0.717) is 23.0 Å². The van der Waals surface area contributed by atoms with Gasteiger partial charge >= 0.3 is 0 Å². The summed E-state index contributed by atoms with van der Waals surface area (Å²) in [6.45, 7) is 0.268. The molecule has 2 aromatic carbocycles. The standard InChI is InChI=1S/C20H19FN4O3/c1-27-15-7-8-16(18(11-15)28-2)23-19-10-9-17(24-25-19)20(26)22-12-13-3-5-14(21)6-4-13/h3-11H,12H2,1-2H3,(H,22,26)(H,23,25). The monoisotopic (exact) mass is 382 g/mol. The van der Waals surface area contributed by atoms with Crippen molar-refractivity contribution in [2.45, 2.75) is 6.54 Å². The highest BCUT2D eigenvalue weighted by Gasteiger charge is 2.10. The molecule has 0 aliphatic carbocycles. The zero-order chi connectivity index (χ0) is 19.9. The van der Waals surface area contributed by atoms with E-state index in [1.807, 2.05) is 0 Å². The van der Waals surface area contributed by atoms with E-state index in [0.717, 1.165) is 5.56 Å². The Bertz CT molecular complexity index is 947. The third-order valence-corrected chi connectivity index (χ3v) is 3.93. The van der Waals surface area contributed by atoms with E-state index in [1.165, 1.54) is 12.1 Å². The van der Waals surface area contributed by atoms with Crippen LogP contribution >= 0.6 is 0 Å². The van der Waals surface area contributed by atoms with Gasteiger partial charge in [0.1, 0.15) is 17.3 Å². The fraction of sp³-hybridized carbons (Fsp3) is 0.150. The highest BCUT2D eigenvalue weighted by atomic mass is 19.1. The number of hydrogen-bond donors (Lipinski definition) is 2. The molecule has 28 heavy (non-hydrogen) atoms. The lowest BCUT2D eigenvalue weighted by molar-refractivity contribution is 0.0945. The summed E-state index contributed by atoms with van der Waals surface area (Å²) in [6, 6.07) is 14.4. The molecule has 1 aromatic heterocycles. The van der Waals surface area contributed by atoms with Crippen LogP contribution in [-0.4, -0.2) is 30.3 Å². The van der Waals surface area contributed by atoms with Crippen LogP contribution in [0.1, 0.15) is 16.1 Å². The van der Waals surface area contributed by atoms with Crippen LogP contribution in [0.4, 0.5) is 15.9 Å². The van der Waals surface area contributed by atoms with Crippen molar-refractivity contribution in [3.63, 3.8) is 0 Å². The zero-order valence-electron chi connectivity index (χ0n) is 15.4. The minimum atomic E-state index is -0.370. The van der Waals surface area contributed by atoms with Crippen molar-refractivity contribution in [1.29, 1.82) is 0 Å². The maximum atomic E-state index is 12.9. The van der Waals surface area contributed by atoms with E-state index in [4.69, 9.17) is 9.47 Å². The lowest BCUT2D eigenvalue weighted by atomic mass is 10.2. The summed E-state index contributed by atoms with van der Waals surface area (Å²) in [5.74, 6) is 1.02. The molecule has 0 spiro atoms. The van der Waals surface area contributed by atoms with Crippen LogP contribution in [0.25, 0.3) is 0 Å². The van der Waals surface area contributed by atoms with E-state index >= 15 is 0 Å². The molecule has 0 aliphatic heterocycles. The van der Waals surface area contributed by atoms with Crippen LogP contribution in [0, 0.1) is 5.82 Å². The predicted molar refractivity (Wildman–Crippen MR) is 102 cm³/mol. The Hall–Kier alpha value is -3.68. The van der Waals surface area contributed by atoms with E-state index in [-0.39, 0.29) is 24.0 Å². The summed E-state index contributed by atoms with van der Waals surface area (Å²) >= 11 is 0. The summed E-state index contributed by atoms with van der Waals surface area (Å²) in [6.07, 6.45) is 0. The fourth-order valence-corrected chi connectivity index (χ4v) is 2.43. The topological polar surface area (TPSA) is 85.4 Å². The van der Waals surface area contributed by atoms with Gasteiger partial charge in [0, 0.05) is 12.6 Å². The highest BCUT2D eigenvalue weighted by molar-refractivity contribution is 5.92. The number of carbonyl (C=O) groups is 1. The summed E-state index contributed by atoms with van der Waals surface area (Å²) in [4.78, 5) is 12.2. The normalized spacial score (nSPS) is 10.2. The first kappa shape index (κ1) is 19.1. The Morgan fingerprint density at radius 3 is 2.43 bits per heavy atom. The molecule has 0 saturated carbocycles. The summed E-state index contributed by atoms with van der Waals surface area (Å²) in [5, 5.41) is 13.8. The van der Waals surface area contributed by atoms with Gasteiger partial charge in [-0.3, -0.25) is 4.79 Å². The van der Waals surface area contributed by atoms with Crippen LogP contribution in [0.3, 0.4) is 0 Å². The second-order valence-corrected chi connectivity index (χ2v) is 5.80. The third kappa shape index (κ3) is 4.73. The molecule has 0 unspecified atom stereocenters. The number of benzene rings is 2. The number of rotatable bonds is 7. The average Bonchev–Trinajstić information content (AvgIpc) is 2.74. The fourth-order valence-electron chi connectivity index (χ4n) is 2.43. The number of aromatic nitrogens is 2. The van der Waals surface area contributed by atoms with E-state index < -0.39 is 0 Å². The quantitative estimate of drug-likeness (QED) is 0.652. The Kier molecular flexibility index (Phi) is 6.01. The number of anilines is 2. The van der Waals surface area contributed by atoms with Gasteiger partial charge in [-0.05, 0) is 42.0 Å². The van der Waals surface area contributed by atoms with Gasteiger partial charge in [0.2, 0.25) is 0 Å². The molecule has 0 radical (unpaired) electrons. The molecule has 7 nitrogen and oxygen atoms in total. The number of hydrogen-bond acceptors (Lipinski definition) is 6. The lowest BCUT2D eigenvalue weighted by Gasteiger charge is -2.11. The first-order valence-electron chi connectivity index (χ1n) is 8.44. The largest absolute Gasteiger partial charge is 0.497 e. The molecule has 3 aromatic rings. The highest BCUT2D eigenvalue weighted by Crippen LogP contribution is 2.30. The molecule has 1 amide bonds. The van der Waals surface area contributed by atoms with Crippen molar-refractivity contribution in [2.75, 3.05) is 19.5 Å². The van der Waals surface area contributed by atoms with Crippen molar-refractivity contribution in [3.05, 3.63) is 71.7 Å². The number of halogens is 1. The molecular weight excluding hydrogens is 363 g/mol. The first-order chi connectivity index (χ1) is 13.6. The molecule has 144 valence electrons. The van der Waals surface area contributed by atoms with Crippen LogP contribution < -0.4 is 20.1 Å². The molecule has 1 heterocycles. The summed E-state index contributed by atoms with van der Waals surface area (Å²) in [5.41, 5.74) is 1.65. The average molecular weight is 382 g/mol. The number of nitrogens with one attached hydrogen (secondary N) is 2. The number of ether oxygens (including phenoxy) is 2. The number of amides is 1. The predicted octanol–water partition coefficient (Wildman–Crippen LogP) is 3.31. The number of carbonyl (C=O) groups excluding carboxylic acids is 1. The minimum Gasteiger partial charge on any atom is -0.497 e. The Morgan fingerprint density at radius 1 is 1.00 bits per heavy atom. The second-order valence-electron chi connectivity index (χ2n) is 5.80. The van der Waals surface area contributed by atoms with Gasteiger partial charge in [0.25, 0.3) is 5.91 Å². The van der Waals surface area contributed by atoms with E-state index in [9.17, 15) is 9.18 Å². The van der Waals surface area contributed by atoms with Gasteiger partial charge in [-0.25, -0.2) is 4.39 Å². The molecule has 0 atom stereocenters. The number of nitrogens with zero attached hydrogens (tertiary/aromatic N) is 2. The molecule has 3 rings (SSSR count). The van der Waals surface area contributed by atoms with Gasteiger partial charge < -0.3 is 20.1 Å². The van der Waals surface area contributed by atoms with Gasteiger partial charge in [-0.2, -0.15) is 0 Å². The van der Waals surface area contributed by atoms with Crippen molar-refractivity contribution < 1.29 is 18.7 Å². The van der Waals surface area contributed by atoms with Gasteiger partial charge in [-0.15, -0.1) is 10.2 Å². The van der Waals surface area contributed by atoms with Gasteiger partial charge in [0.05, 0.1) is 19.9 Å². The SMILES string of the molecule is COc1ccc(Nc2ccc(C(=O)NCc3ccc(F)cc3)nn2)c(OC)c1. The smallest absolute Gasteiger partial charge is 0.272 e. The third-order valence-electron chi connectivity index (χ3n) is 3.93. The molecule has 2 N–H and O–H groups in total. The van der Waals surface area contributed by atoms with Crippen LogP contribution in [0.15, 0.2) is 54.6 Å². The first-order valence-corrected chi connectivity index (χ1v) is 8.44. The van der Waals surface area contributed by atoms with Crippen LogP contribution in [-0.2, 0) is 6.54 Å². The Balaban J connectivity index is 1.63. The molecule has 0 saturated heterocycles. The van der Waals surface area contributed by atoms with E-state index in [1.54, 1.807) is 56.7 Å². The Morgan fingerprint density at radius 2 is 1.79 bits per heavy atom. The summed E-state index contributed by atoms with van der Waals surface area (Å²) in [7, 11) is 3.13. The molecule has 8 heteroatoms. The zero-order valence-corrected chi connectivity index (χ0v) is 15.4. The van der Waals surface area contributed by atoms with Crippen molar-refractivity contribution >= 4 is 17.4 Å². The Labute approximate surface area is 161 Å². The van der Waals surface area contributed by atoms with Gasteiger partial charge in [0.15, 0.2) is 11.5 Å².